The van der Waals surface area contributed by atoms with E-state index in [4.69, 9.17) is 4.74 Å². The maximum absolute atomic E-state index is 12.7. The van der Waals surface area contributed by atoms with Gasteiger partial charge in [-0.05, 0) is 37.0 Å². The molecular weight excluding hydrogens is 354 g/mol. The summed E-state index contributed by atoms with van der Waals surface area (Å²) in [6.45, 7) is -2.31. The molecule has 0 saturated carbocycles. The first-order valence-corrected chi connectivity index (χ1v) is 8.81. The van der Waals surface area contributed by atoms with Crippen LogP contribution in [0, 0.1) is 0 Å². The van der Waals surface area contributed by atoms with Crippen LogP contribution < -0.4 is 14.8 Å². The Morgan fingerprint density at radius 3 is 2.70 bits per heavy atom. The summed E-state index contributed by atoms with van der Waals surface area (Å²) in [6, 6.07) is 14.3. The highest BCUT2D eigenvalue weighted by Gasteiger charge is 2.29. The molecule has 7 heteroatoms. The van der Waals surface area contributed by atoms with E-state index in [1.165, 1.54) is 24.8 Å². The second kappa shape index (κ2) is 8.70. The van der Waals surface area contributed by atoms with Crippen molar-refractivity contribution in [1.82, 2.24) is 4.90 Å². The number of hydrogen-bond acceptors (Lipinski definition) is 3. The van der Waals surface area contributed by atoms with Crippen molar-refractivity contribution in [2.45, 2.75) is 31.9 Å². The highest BCUT2D eigenvalue weighted by Crippen LogP contribution is 2.32. The van der Waals surface area contributed by atoms with E-state index < -0.39 is 6.61 Å². The third kappa shape index (κ3) is 4.87. The Bertz CT molecular complexity index is 771. The van der Waals surface area contributed by atoms with E-state index in [9.17, 15) is 13.6 Å². The highest BCUT2D eigenvalue weighted by atomic mass is 19.3. The van der Waals surface area contributed by atoms with Crippen molar-refractivity contribution in [1.29, 1.82) is 0 Å². The second-order valence-corrected chi connectivity index (χ2v) is 6.35. The fourth-order valence-electron chi connectivity index (χ4n) is 3.34. The Labute approximate surface area is 156 Å². The Balaban J connectivity index is 1.68. The number of methoxy groups -OCH3 is 1. The number of nitrogens with zero attached hydrogens (tertiary/aromatic N) is 1. The minimum atomic E-state index is -2.97. The van der Waals surface area contributed by atoms with Crippen LogP contribution in [0.4, 0.5) is 19.3 Å². The van der Waals surface area contributed by atoms with Gasteiger partial charge >= 0.3 is 12.6 Å². The zero-order valence-corrected chi connectivity index (χ0v) is 15.0. The number of carbonyl (C=O) groups excluding carboxylic acids is 1. The fourth-order valence-corrected chi connectivity index (χ4v) is 3.34. The number of carbonyl (C=O) groups is 1. The minimum absolute atomic E-state index is 0.113. The third-order valence-corrected chi connectivity index (χ3v) is 4.58. The Hall–Kier alpha value is -2.83. The summed E-state index contributed by atoms with van der Waals surface area (Å²) in [5.74, 6) is 0.0592. The lowest BCUT2D eigenvalue weighted by molar-refractivity contribution is -0.0511. The summed E-state index contributed by atoms with van der Waals surface area (Å²) in [6.07, 6.45) is 2.66. The van der Waals surface area contributed by atoms with Crippen molar-refractivity contribution < 1.29 is 23.0 Å². The van der Waals surface area contributed by atoms with Gasteiger partial charge in [0.15, 0.2) is 11.5 Å². The molecule has 1 saturated heterocycles. The van der Waals surface area contributed by atoms with Crippen LogP contribution in [0.1, 0.15) is 18.4 Å². The number of ether oxygens (including phenoxy) is 2. The maximum atomic E-state index is 12.7. The van der Waals surface area contributed by atoms with E-state index in [1.807, 2.05) is 30.3 Å². The summed E-state index contributed by atoms with van der Waals surface area (Å²) in [4.78, 5) is 14.5. The van der Waals surface area contributed by atoms with Gasteiger partial charge in [0.05, 0.1) is 7.11 Å². The Kier molecular flexibility index (Phi) is 6.11. The number of benzene rings is 2. The van der Waals surface area contributed by atoms with Crippen molar-refractivity contribution in [3.63, 3.8) is 0 Å². The first-order valence-electron chi connectivity index (χ1n) is 8.81. The minimum Gasteiger partial charge on any atom is -0.493 e. The molecule has 2 amide bonds. The van der Waals surface area contributed by atoms with Crippen LogP contribution in [0.5, 0.6) is 11.5 Å². The van der Waals surface area contributed by atoms with Gasteiger partial charge in [0, 0.05) is 24.3 Å². The molecule has 3 rings (SSSR count). The van der Waals surface area contributed by atoms with Gasteiger partial charge in [-0.15, -0.1) is 0 Å². The molecular formula is C20H22F2N2O3. The molecule has 1 heterocycles. The van der Waals surface area contributed by atoms with E-state index in [1.54, 1.807) is 11.0 Å². The van der Waals surface area contributed by atoms with Crippen molar-refractivity contribution in [3.8, 4) is 11.5 Å². The highest BCUT2D eigenvalue weighted by molar-refractivity contribution is 5.90. The zero-order chi connectivity index (χ0) is 19.2. The van der Waals surface area contributed by atoms with Gasteiger partial charge in [-0.2, -0.15) is 8.78 Å². The second-order valence-electron chi connectivity index (χ2n) is 6.35. The Morgan fingerprint density at radius 1 is 1.22 bits per heavy atom. The quantitative estimate of drug-likeness (QED) is 0.806. The number of halogens is 2. The molecule has 0 aromatic heterocycles. The smallest absolute Gasteiger partial charge is 0.387 e. The van der Waals surface area contributed by atoms with E-state index >= 15 is 0 Å². The fraction of sp³-hybridized carbons (Fsp3) is 0.350. The van der Waals surface area contributed by atoms with Crippen molar-refractivity contribution in [2.75, 3.05) is 19.0 Å². The molecule has 0 aliphatic carbocycles. The van der Waals surface area contributed by atoms with Gasteiger partial charge in [-0.3, -0.25) is 0 Å². The normalized spacial score (nSPS) is 16.4. The van der Waals surface area contributed by atoms with E-state index in [2.05, 4.69) is 10.1 Å². The topological polar surface area (TPSA) is 50.8 Å². The summed E-state index contributed by atoms with van der Waals surface area (Å²) >= 11 is 0. The summed E-state index contributed by atoms with van der Waals surface area (Å²) < 4.78 is 34.6. The van der Waals surface area contributed by atoms with Gasteiger partial charge in [-0.1, -0.05) is 30.3 Å². The number of rotatable bonds is 6. The average Bonchev–Trinajstić information content (AvgIpc) is 3.10. The maximum Gasteiger partial charge on any atom is 0.387 e. The number of nitrogens with one attached hydrogen (secondary N) is 1. The summed E-state index contributed by atoms with van der Waals surface area (Å²) in [5, 5.41) is 2.77. The third-order valence-electron chi connectivity index (χ3n) is 4.58. The predicted molar refractivity (Wildman–Crippen MR) is 98.5 cm³/mol. The van der Waals surface area contributed by atoms with E-state index in [-0.39, 0.29) is 23.6 Å². The lowest BCUT2D eigenvalue weighted by Gasteiger charge is -2.25. The van der Waals surface area contributed by atoms with Gasteiger partial charge in [0.2, 0.25) is 0 Å². The molecule has 2 aromatic carbocycles. The first-order chi connectivity index (χ1) is 13.1. The molecule has 144 valence electrons. The van der Waals surface area contributed by atoms with Crippen molar-refractivity contribution >= 4 is 11.7 Å². The van der Waals surface area contributed by atoms with Crippen LogP contribution in [0.25, 0.3) is 0 Å². The predicted octanol–water partition coefficient (Wildman–Crippen LogP) is 4.54. The molecule has 0 unspecified atom stereocenters. The Morgan fingerprint density at radius 2 is 2.00 bits per heavy atom. The molecule has 1 aliphatic rings. The van der Waals surface area contributed by atoms with E-state index in [0.29, 0.717) is 12.2 Å². The molecule has 0 spiro atoms. The van der Waals surface area contributed by atoms with Gasteiger partial charge in [0.1, 0.15) is 0 Å². The molecule has 1 atom stereocenters. The van der Waals surface area contributed by atoms with Crippen LogP contribution >= 0.6 is 0 Å². The monoisotopic (exact) mass is 376 g/mol. The van der Waals surface area contributed by atoms with Crippen molar-refractivity contribution in [2.24, 2.45) is 0 Å². The van der Waals surface area contributed by atoms with E-state index in [0.717, 1.165) is 19.3 Å². The number of likely N-dealkylation sites (tertiary alicyclic amines) is 1. The molecule has 5 nitrogen and oxygen atoms in total. The zero-order valence-electron chi connectivity index (χ0n) is 15.0. The lowest BCUT2D eigenvalue weighted by Crippen LogP contribution is -2.39. The van der Waals surface area contributed by atoms with Gasteiger partial charge in [-0.25, -0.2) is 4.79 Å². The molecule has 0 bridgehead atoms. The molecule has 27 heavy (non-hydrogen) atoms. The van der Waals surface area contributed by atoms with Crippen LogP contribution in [-0.2, 0) is 6.42 Å². The van der Waals surface area contributed by atoms with Gasteiger partial charge in [0.25, 0.3) is 0 Å². The standard InChI is InChI=1S/C20H22F2N2O3/c1-26-17-10-9-15(13-18(17)27-19(21)22)23-20(25)24-11-5-8-16(24)12-14-6-3-2-4-7-14/h2-4,6-7,9-10,13,16,19H,5,8,11-12H2,1H3,(H,23,25)/t16-/m1/s1. The number of hydrogen-bond donors (Lipinski definition) is 1. The largest absolute Gasteiger partial charge is 0.493 e. The lowest BCUT2D eigenvalue weighted by atomic mass is 10.0. The molecule has 1 N–H and O–H groups in total. The molecule has 1 fully saturated rings. The molecule has 1 aliphatic heterocycles. The number of anilines is 1. The first kappa shape index (κ1) is 18.9. The number of amides is 2. The number of alkyl halides is 2. The molecule has 2 aromatic rings. The van der Waals surface area contributed by atoms with Gasteiger partial charge < -0.3 is 19.7 Å². The molecule has 0 radical (unpaired) electrons. The number of urea groups is 1. The van der Waals surface area contributed by atoms with Crippen LogP contribution in [0.15, 0.2) is 48.5 Å². The summed E-state index contributed by atoms with van der Waals surface area (Å²) in [7, 11) is 1.37. The summed E-state index contributed by atoms with van der Waals surface area (Å²) in [5.41, 5.74) is 1.56. The SMILES string of the molecule is COc1ccc(NC(=O)N2CCC[C@@H]2Cc2ccccc2)cc1OC(F)F. The van der Waals surface area contributed by atoms with Crippen LogP contribution in [0.3, 0.4) is 0 Å². The van der Waals surface area contributed by atoms with Crippen LogP contribution in [-0.4, -0.2) is 37.2 Å². The average molecular weight is 376 g/mol. The van der Waals surface area contributed by atoms with Crippen molar-refractivity contribution in [3.05, 3.63) is 54.1 Å². The van der Waals surface area contributed by atoms with Crippen LogP contribution in [0.2, 0.25) is 0 Å².